The van der Waals surface area contributed by atoms with E-state index in [4.69, 9.17) is 21.6 Å². The zero-order valence-corrected chi connectivity index (χ0v) is 20.4. The van der Waals surface area contributed by atoms with Gasteiger partial charge in [0.05, 0.1) is 41.9 Å². The molecule has 2 aromatic rings. The third-order valence-corrected chi connectivity index (χ3v) is 8.67. The van der Waals surface area contributed by atoms with Crippen molar-refractivity contribution in [3.05, 3.63) is 51.4 Å². The second-order valence-corrected chi connectivity index (χ2v) is 11.0. The van der Waals surface area contributed by atoms with E-state index in [0.29, 0.717) is 37.6 Å². The molecule has 182 valence electrons. The van der Waals surface area contributed by atoms with Crippen LogP contribution in [0.3, 0.4) is 0 Å². The van der Waals surface area contributed by atoms with Crippen molar-refractivity contribution in [3.8, 4) is 6.07 Å². The Morgan fingerprint density at radius 2 is 1.94 bits per heavy atom. The summed E-state index contributed by atoms with van der Waals surface area (Å²) in [6.07, 6.45) is 4.82. The average Bonchev–Trinajstić information content (AvgIpc) is 2.86. The zero-order valence-electron chi connectivity index (χ0n) is 18.8. The lowest BCUT2D eigenvalue weighted by Crippen LogP contribution is -2.41. The Bertz CT molecular complexity index is 1200. The number of benzene rings is 1. The third-order valence-electron chi connectivity index (χ3n) is 6.39. The number of anilines is 1. The van der Waals surface area contributed by atoms with Crippen LogP contribution in [0.1, 0.15) is 37.3 Å². The van der Waals surface area contributed by atoms with Gasteiger partial charge < -0.3 is 10.1 Å². The topological polar surface area (TPSA) is 117 Å². The van der Waals surface area contributed by atoms with Gasteiger partial charge in [-0.1, -0.05) is 23.7 Å². The van der Waals surface area contributed by atoms with Crippen LogP contribution in [0.5, 0.6) is 0 Å². The lowest BCUT2D eigenvalue weighted by atomic mass is 10.0. The molecule has 4 rings (SSSR count). The SMILES string of the molecule is N#CCc1ccc(S(=O)(=O)N2CCC(n3ncc(NC[C@H]4CCCOC4)c(Cl)c3=O)CC2)cc1. The molecule has 1 aromatic carbocycles. The predicted octanol–water partition coefficient (Wildman–Crippen LogP) is 2.83. The van der Waals surface area contributed by atoms with E-state index in [1.54, 1.807) is 18.3 Å². The number of nitrogens with zero attached hydrogens (tertiary/aromatic N) is 4. The molecule has 0 saturated carbocycles. The van der Waals surface area contributed by atoms with E-state index >= 15 is 0 Å². The second-order valence-electron chi connectivity index (χ2n) is 8.70. The average molecular weight is 506 g/mol. The number of piperidine rings is 1. The Morgan fingerprint density at radius 3 is 2.59 bits per heavy atom. The number of sulfonamides is 1. The number of nitriles is 1. The molecule has 0 amide bonds. The van der Waals surface area contributed by atoms with Crippen molar-refractivity contribution in [2.24, 2.45) is 5.92 Å². The van der Waals surface area contributed by atoms with E-state index in [1.165, 1.54) is 21.1 Å². The van der Waals surface area contributed by atoms with E-state index < -0.39 is 10.0 Å². The van der Waals surface area contributed by atoms with Gasteiger partial charge in [-0.15, -0.1) is 0 Å². The number of rotatable bonds is 7. The number of aromatic nitrogens is 2. The zero-order chi connectivity index (χ0) is 24.1. The molecule has 0 aliphatic carbocycles. The quantitative estimate of drug-likeness (QED) is 0.614. The maximum absolute atomic E-state index is 13.0. The minimum Gasteiger partial charge on any atom is -0.382 e. The van der Waals surface area contributed by atoms with Gasteiger partial charge in [-0.2, -0.15) is 14.7 Å². The highest BCUT2D eigenvalue weighted by atomic mass is 35.5. The Balaban J connectivity index is 1.39. The van der Waals surface area contributed by atoms with Gasteiger partial charge in [0.2, 0.25) is 10.0 Å². The molecule has 2 aliphatic rings. The molecule has 0 radical (unpaired) electrons. The summed E-state index contributed by atoms with van der Waals surface area (Å²) in [5.74, 6) is 0.376. The van der Waals surface area contributed by atoms with Gasteiger partial charge in [-0.05, 0) is 49.3 Å². The number of hydrogen-bond donors (Lipinski definition) is 1. The molecule has 0 unspecified atom stereocenters. The first kappa shape index (κ1) is 24.7. The van der Waals surface area contributed by atoms with Crippen molar-refractivity contribution in [3.63, 3.8) is 0 Å². The van der Waals surface area contributed by atoms with Crippen molar-refractivity contribution in [2.45, 2.75) is 43.0 Å². The monoisotopic (exact) mass is 505 g/mol. The van der Waals surface area contributed by atoms with Crippen molar-refractivity contribution < 1.29 is 13.2 Å². The van der Waals surface area contributed by atoms with Gasteiger partial charge >= 0.3 is 0 Å². The first-order valence-electron chi connectivity index (χ1n) is 11.4. The van der Waals surface area contributed by atoms with E-state index in [-0.39, 0.29) is 41.0 Å². The normalized spacial score (nSPS) is 20.1. The van der Waals surface area contributed by atoms with Crippen LogP contribution in [-0.2, 0) is 21.2 Å². The summed E-state index contributed by atoms with van der Waals surface area (Å²) in [6, 6.07) is 8.20. The number of halogens is 1. The Hall–Kier alpha value is -2.45. The molecular formula is C23H28ClN5O4S. The van der Waals surface area contributed by atoms with Gasteiger partial charge in [0, 0.05) is 26.2 Å². The van der Waals surface area contributed by atoms with Gasteiger partial charge in [-0.3, -0.25) is 4.79 Å². The molecule has 11 heteroatoms. The smallest absolute Gasteiger partial charge is 0.287 e. The molecule has 1 aromatic heterocycles. The van der Waals surface area contributed by atoms with E-state index in [9.17, 15) is 13.2 Å². The van der Waals surface area contributed by atoms with Crippen molar-refractivity contribution in [2.75, 3.05) is 38.2 Å². The Kier molecular flexibility index (Phi) is 7.88. The maximum atomic E-state index is 13.0. The summed E-state index contributed by atoms with van der Waals surface area (Å²) in [5.41, 5.74) is 0.904. The maximum Gasteiger partial charge on any atom is 0.287 e. The van der Waals surface area contributed by atoms with Crippen LogP contribution in [0, 0.1) is 17.2 Å². The molecule has 1 atom stereocenters. The van der Waals surface area contributed by atoms with E-state index in [1.807, 2.05) is 6.07 Å². The summed E-state index contributed by atoms with van der Waals surface area (Å²) in [6.45, 7) is 2.71. The summed E-state index contributed by atoms with van der Waals surface area (Å²) in [5, 5.41) is 16.4. The molecule has 0 bridgehead atoms. The molecular weight excluding hydrogens is 478 g/mol. The third kappa shape index (κ3) is 5.44. The number of ether oxygens (including phenoxy) is 1. The van der Waals surface area contributed by atoms with Crippen LogP contribution in [0.4, 0.5) is 5.69 Å². The highest BCUT2D eigenvalue weighted by Crippen LogP contribution is 2.27. The fraction of sp³-hybridized carbons (Fsp3) is 0.522. The van der Waals surface area contributed by atoms with Crippen LogP contribution in [-0.4, -0.2) is 55.4 Å². The molecule has 2 fully saturated rings. The lowest BCUT2D eigenvalue weighted by Gasteiger charge is -2.31. The first-order chi connectivity index (χ1) is 16.4. The molecule has 2 saturated heterocycles. The van der Waals surface area contributed by atoms with Crippen LogP contribution in [0.25, 0.3) is 0 Å². The summed E-state index contributed by atoms with van der Waals surface area (Å²) in [7, 11) is -3.65. The number of hydrogen-bond acceptors (Lipinski definition) is 7. The van der Waals surface area contributed by atoms with E-state index in [0.717, 1.165) is 25.0 Å². The van der Waals surface area contributed by atoms with Crippen molar-refractivity contribution in [1.82, 2.24) is 14.1 Å². The Morgan fingerprint density at radius 1 is 1.21 bits per heavy atom. The minimum absolute atomic E-state index is 0.0965. The van der Waals surface area contributed by atoms with Gasteiger partial charge in [-0.25, -0.2) is 13.1 Å². The molecule has 0 spiro atoms. The largest absolute Gasteiger partial charge is 0.382 e. The van der Waals surface area contributed by atoms with Gasteiger partial charge in [0.1, 0.15) is 5.02 Å². The summed E-state index contributed by atoms with van der Waals surface area (Å²) >= 11 is 6.36. The van der Waals surface area contributed by atoms with E-state index in [2.05, 4.69) is 10.4 Å². The Labute approximate surface area is 204 Å². The summed E-state index contributed by atoms with van der Waals surface area (Å²) < 4.78 is 34.3. The van der Waals surface area contributed by atoms with Crippen LogP contribution in [0.15, 0.2) is 40.2 Å². The number of nitrogens with one attached hydrogen (secondary N) is 1. The molecule has 1 N–H and O–H groups in total. The van der Waals surface area contributed by atoms with Crippen molar-refractivity contribution in [1.29, 1.82) is 5.26 Å². The van der Waals surface area contributed by atoms with Crippen LogP contribution >= 0.6 is 11.6 Å². The van der Waals surface area contributed by atoms with Crippen LogP contribution < -0.4 is 10.9 Å². The van der Waals surface area contributed by atoms with Crippen molar-refractivity contribution >= 4 is 27.3 Å². The molecule has 2 aliphatic heterocycles. The highest BCUT2D eigenvalue weighted by molar-refractivity contribution is 7.89. The minimum atomic E-state index is -3.65. The molecule has 9 nitrogen and oxygen atoms in total. The standard InChI is InChI=1S/C23H28ClN5O4S/c24-22-21(26-14-18-2-1-13-33-16-18)15-27-29(23(22)30)19-8-11-28(12-9-19)34(31,32)20-5-3-17(4-6-20)7-10-25/h3-6,15,18-19,26H,1-2,7-9,11-14,16H2/t18-/m1/s1. The van der Waals surface area contributed by atoms with Crippen LogP contribution in [0.2, 0.25) is 5.02 Å². The fourth-order valence-corrected chi connectivity index (χ4v) is 6.07. The summed E-state index contributed by atoms with van der Waals surface area (Å²) in [4.78, 5) is 13.1. The van der Waals surface area contributed by atoms with Gasteiger partial charge in [0.15, 0.2) is 0 Å². The fourth-order valence-electron chi connectivity index (χ4n) is 4.40. The highest BCUT2D eigenvalue weighted by Gasteiger charge is 2.31. The van der Waals surface area contributed by atoms with Gasteiger partial charge in [0.25, 0.3) is 5.56 Å². The first-order valence-corrected chi connectivity index (χ1v) is 13.3. The lowest BCUT2D eigenvalue weighted by molar-refractivity contribution is 0.0595. The second kappa shape index (κ2) is 10.9. The molecule has 3 heterocycles. The molecule has 34 heavy (non-hydrogen) atoms. The predicted molar refractivity (Wildman–Crippen MR) is 128 cm³/mol.